The number of aromatic nitrogens is 1. The fourth-order valence-corrected chi connectivity index (χ4v) is 4.58. The Morgan fingerprint density at radius 3 is 2.85 bits per heavy atom. The van der Waals surface area contributed by atoms with E-state index in [9.17, 15) is 9.59 Å². The summed E-state index contributed by atoms with van der Waals surface area (Å²) >= 11 is 1.43. The fourth-order valence-electron chi connectivity index (χ4n) is 3.65. The lowest BCUT2D eigenvalue weighted by Gasteiger charge is -2.44. The van der Waals surface area contributed by atoms with E-state index in [2.05, 4.69) is 31.8 Å². The molecule has 2 aromatic rings. The number of nitrogens with one attached hydrogen (secondary N) is 1. The molecule has 3 saturated heterocycles. The third kappa shape index (κ3) is 3.43. The van der Waals surface area contributed by atoms with Gasteiger partial charge >= 0.3 is 5.97 Å². The van der Waals surface area contributed by atoms with Crippen LogP contribution in [-0.2, 0) is 9.53 Å². The number of thiophene rings is 1. The van der Waals surface area contributed by atoms with Crippen molar-refractivity contribution in [3.05, 3.63) is 28.9 Å². The minimum absolute atomic E-state index is 0.124. The topological polar surface area (TPSA) is 71.5 Å². The molecule has 1 atom stereocenters. The first-order valence-corrected chi connectivity index (χ1v) is 9.47. The van der Waals surface area contributed by atoms with Gasteiger partial charge in [0.15, 0.2) is 0 Å². The molecular formula is C19H19N3O3S. The van der Waals surface area contributed by atoms with Gasteiger partial charge in [-0.3, -0.25) is 9.78 Å². The van der Waals surface area contributed by atoms with E-state index in [1.165, 1.54) is 18.4 Å². The van der Waals surface area contributed by atoms with Crippen LogP contribution in [0.3, 0.4) is 0 Å². The first-order valence-electron chi connectivity index (χ1n) is 8.65. The molecule has 1 N–H and O–H groups in total. The normalized spacial score (nSPS) is 24.0. The second-order valence-corrected chi connectivity index (χ2v) is 7.76. The highest BCUT2D eigenvalue weighted by molar-refractivity contribution is 7.19. The Morgan fingerprint density at radius 2 is 2.15 bits per heavy atom. The quantitative estimate of drug-likeness (QED) is 0.644. The van der Waals surface area contributed by atoms with Crippen LogP contribution in [0.5, 0.6) is 0 Å². The number of amides is 1. The summed E-state index contributed by atoms with van der Waals surface area (Å²) < 4.78 is 5.44. The number of pyridine rings is 1. The first-order chi connectivity index (χ1) is 12.6. The molecule has 7 heteroatoms. The molecule has 0 radical (unpaired) electrons. The average molecular weight is 369 g/mol. The molecule has 0 unspecified atom stereocenters. The Morgan fingerprint density at radius 1 is 1.35 bits per heavy atom. The highest BCUT2D eigenvalue weighted by Crippen LogP contribution is 2.28. The van der Waals surface area contributed by atoms with Gasteiger partial charge in [0, 0.05) is 34.8 Å². The van der Waals surface area contributed by atoms with Gasteiger partial charge in [0.25, 0.3) is 5.91 Å². The van der Waals surface area contributed by atoms with E-state index < -0.39 is 5.97 Å². The lowest BCUT2D eigenvalue weighted by atomic mass is 9.84. The molecule has 5 rings (SSSR count). The summed E-state index contributed by atoms with van der Waals surface area (Å²) in [5.41, 5.74) is 0.420. The van der Waals surface area contributed by atoms with Crippen molar-refractivity contribution in [3.63, 3.8) is 0 Å². The van der Waals surface area contributed by atoms with Crippen LogP contribution < -0.4 is 5.32 Å². The Balaban J connectivity index is 1.50. The first kappa shape index (κ1) is 17.0. The number of carbonyl (C=O) groups excluding carboxylic acids is 2. The van der Waals surface area contributed by atoms with Gasteiger partial charge in [-0.15, -0.1) is 11.3 Å². The van der Waals surface area contributed by atoms with Crippen LogP contribution in [0.2, 0.25) is 0 Å². The molecule has 5 heterocycles. The lowest BCUT2D eigenvalue weighted by molar-refractivity contribution is -0.133. The monoisotopic (exact) mass is 369 g/mol. The number of esters is 1. The lowest BCUT2D eigenvalue weighted by Crippen LogP contribution is -2.57. The maximum Gasteiger partial charge on any atom is 0.384 e. The van der Waals surface area contributed by atoms with Gasteiger partial charge in [-0.2, -0.15) is 0 Å². The van der Waals surface area contributed by atoms with Crippen molar-refractivity contribution in [1.29, 1.82) is 0 Å². The highest BCUT2D eigenvalue weighted by atomic mass is 32.1. The maximum absolute atomic E-state index is 12.6. The van der Waals surface area contributed by atoms with Crippen molar-refractivity contribution in [2.75, 3.05) is 26.7 Å². The van der Waals surface area contributed by atoms with Crippen molar-refractivity contribution in [1.82, 2.24) is 15.2 Å². The molecule has 0 aromatic carbocycles. The zero-order valence-corrected chi connectivity index (χ0v) is 15.3. The molecule has 0 spiro atoms. The number of nitrogens with zero attached hydrogens (tertiary/aromatic N) is 2. The van der Waals surface area contributed by atoms with Crippen LogP contribution in [0.25, 0.3) is 10.1 Å². The highest BCUT2D eigenvalue weighted by Gasteiger charge is 2.35. The van der Waals surface area contributed by atoms with E-state index in [0.29, 0.717) is 11.6 Å². The van der Waals surface area contributed by atoms with E-state index in [-0.39, 0.29) is 11.9 Å². The fraction of sp³-hybridized carbons (Fsp3) is 0.421. The Bertz CT molecular complexity index is 919. The summed E-state index contributed by atoms with van der Waals surface area (Å²) in [6.07, 6.45) is 4.00. The van der Waals surface area contributed by atoms with E-state index in [0.717, 1.165) is 47.4 Å². The van der Waals surface area contributed by atoms with E-state index in [1.54, 1.807) is 12.3 Å². The predicted octanol–water partition coefficient (Wildman–Crippen LogP) is 1.64. The predicted molar refractivity (Wildman–Crippen MR) is 98.9 cm³/mol. The SMILES string of the molecule is COC(=O)C#Cc1cc2cnc(C(=O)N[C@H]3CN4CCC3CC4)cc2s1. The number of hydrogen-bond acceptors (Lipinski definition) is 6. The third-order valence-electron chi connectivity index (χ3n) is 5.08. The van der Waals surface area contributed by atoms with Crippen molar-refractivity contribution in [2.45, 2.75) is 18.9 Å². The molecule has 0 saturated carbocycles. The zero-order valence-electron chi connectivity index (χ0n) is 14.4. The second-order valence-electron chi connectivity index (χ2n) is 6.68. The molecule has 3 aliphatic heterocycles. The van der Waals surface area contributed by atoms with Gasteiger partial charge in [0.05, 0.1) is 12.0 Å². The zero-order chi connectivity index (χ0) is 18.1. The second kappa shape index (κ2) is 7.06. The van der Waals surface area contributed by atoms with Gasteiger partial charge < -0.3 is 15.0 Å². The van der Waals surface area contributed by atoms with E-state index >= 15 is 0 Å². The number of piperidine rings is 3. The molecule has 134 valence electrons. The van der Waals surface area contributed by atoms with Crippen molar-refractivity contribution >= 4 is 33.3 Å². The summed E-state index contributed by atoms with van der Waals surface area (Å²) in [5.74, 6) is 5.07. The van der Waals surface area contributed by atoms with Gasteiger partial charge in [-0.25, -0.2) is 4.79 Å². The Kier molecular flexibility index (Phi) is 4.62. The summed E-state index contributed by atoms with van der Waals surface area (Å²) in [5, 5.41) is 4.06. The number of hydrogen-bond donors (Lipinski definition) is 1. The number of ether oxygens (including phenoxy) is 1. The largest absolute Gasteiger partial charge is 0.459 e. The van der Waals surface area contributed by atoms with Gasteiger partial charge in [0.1, 0.15) is 5.69 Å². The number of methoxy groups -OCH3 is 1. The molecule has 1 amide bonds. The molecule has 3 aliphatic rings. The van der Waals surface area contributed by atoms with Crippen LogP contribution >= 0.6 is 11.3 Å². The van der Waals surface area contributed by atoms with Crippen molar-refractivity contribution in [2.24, 2.45) is 5.92 Å². The smallest absolute Gasteiger partial charge is 0.384 e. The molecule has 6 nitrogen and oxygen atoms in total. The number of fused-ring (bicyclic) bond motifs is 4. The molecular weight excluding hydrogens is 350 g/mol. The van der Waals surface area contributed by atoms with E-state index in [1.807, 2.05) is 6.07 Å². The van der Waals surface area contributed by atoms with Crippen LogP contribution in [0.4, 0.5) is 0 Å². The minimum Gasteiger partial charge on any atom is -0.459 e. The van der Waals surface area contributed by atoms with Gasteiger partial charge in [-0.05, 0) is 49.9 Å². The van der Waals surface area contributed by atoms with E-state index in [4.69, 9.17) is 0 Å². The molecule has 2 bridgehead atoms. The standard InChI is InChI=1S/C19H19N3O3S/c1-25-18(23)3-2-14-8-13-10-20-15(9-17(13)26-14)19(24)21-16-11-22-6-4-12(16)5-7-22/h8-10,12,16H,4-7,11H2,1H3,(H,21,24)/t16-/m0/s1. The van der Waals surface area contributed by atoms with Crippen LogP contribution in [0.1, 0.15) is 28.2 Å². The van der Waals surface area contributed by atoms with Crippen LogP contribution in [-0.4, -0.2) is 54.5 Å². The summed E-state index contributed by atoms with van der Waals surface area (Å²) in [6, 6.07) is 3.87. The third-order valence-corrected chi connectivity index (χ3v) is 6.09. The minimum atomic E-state index is -0.571. The molecule has 2 aromatic heterocycles. The van der Waals surface area contributed by atoms with Crippen molar-refractivity contribution < 1.29 is 14.3 Å². The average Bonchev–Trinajstić information content (AvgIpc) is 3.09. The molecule has 0 aliphatic carbocycles. The van der Waals surface area contributed by atoms with Crippen LogP contribution in [0, 0.1) is 17.8 Å². The Labute approximate surface area is 155 Å². The van der Waals surface area contributed by atoms with Gasteiger partial charge in [-0.1, -0.05) is 0 Å². The number of carbonyl (C=O) groups is 2. The molecule has 3 fully saturated rings. The Hall–Kier alpha value is -2.43. The summed E-state index contributed by atoms with van der Waals surface area (Å²) in [7, 11) is 1.30. The van der Waals surface area contributed by atoms with Gasteiger partial charge in [0.2, 0.25) is 0 Å². The summed E-state index contributed by atoms with van der Waals surface area (Å²) in [4.78, 5) is 31.2. The number of rotatable bonds is 2. The van der Waals surface area contributed by atoms with Crippen molar-refractivity contribution in [3.8, 4) is 11.8 Å². The maximum atomic E-state index is 12.6. The molecule has 26 heavy (non-hydrogen) atoms. The summed E-state index contributed by atoms with van der Waals surface area (Å²) in [6.45, 7) is 3.22. The van der Waals surface area contributed by atoms with Crippen LogP contribution in [0.15, 0.2) is 18.3 Å².